The van der Waals surface area contributed by atoms with E-state index in [1.807, 2.05) is 30.3 Å². The lowest BCUT2D eigenvalue weighted by molar-refractivity contribution is -0.137. The number of hydrogen-bond acceptors (Lipinski definition) is 5. The molecule has 0 aromatic heterocycles. The lowest BCUT2D eigenvalue weighted by Crippen LogP contribution is -2.53. The summed E-state index contributed by atoms with van der Waals surface area (Å²) in [6.07, 6.45) is 3.84. The molecule has 31 heavy (non-hydrogen) atoms. The molecule has 0 bridgehead atoms. The van der Waals surface area contributed by atoms with E-state index >= 15 is 0 Å². The van der Waals surface area contributed by atoms with Crippen LogP contribution in [0, 0.1) is 0 Å². The van der Waals surface area contributed by atoms with Gasteiger partial charge in [0, 0.05) is 19.5 Å². The van der Waals surface area contributed by atoms with Crippen molar-refractivity contribution in [3.63, 3.8) is 0 Å². The third-order valence-electron chi connectivity index (χ3n) is 4.88. The Kier molecular flexibility index (Phi) is 9.39. The van der Waals surface area contributed by atoms with Gasteiger partial charge in [0.1, 0.15) is 12.1 Å². The fourth-order valence-electron chi connectivity index (χ4n) is 3.41. The Labute approximate surface area is 186 Å². The lowest BCUT2D eigenvalue weighted by atomic mass is 10.0. The van der Waals surface area contributed by atoms with E-state index in [-0.39, 0.29) is 31.0 Å². The summed E-state index contributed by atoms with van der Waals surface area (Å²) in [4.78, 5) is 50.9. The Hall–Kier alpha value is -3.01. The van der Waals surface area contributed by atoms with Gasteiger partial charge in [-0.15, -0.1) is 6.58 Å². The summed E-state index contributed by atoms with van der Waals surface area (Å²) >= 11 is 1.35. The number of nitrogens with zero attached hydrogens (tertiary/aromatic N) is 1. The molecule has 1 aromatic rings. The highest BCUT2D eigenvalue weighted by Gasteiger charge is 2.40. The molecular weight excluding hydrogens is 418 g/mol. The van der Waals surface area contributed by atoms with Gasteiger partial charge in [-0.1, -0.05) is 36.4 Å². The van der Waals surface area contributed by atoms with Crippen LogP contribution >= 0.6 is 11.8 Å². The zero-order valence-corrected chi connectivity index (χ0v) is 18.3. The van der Waals surface area contributed by atoms with Crippen molar-refractivity contribution in [2.24, 2.45) is 5.73 Å². The van der Waals surface area contributed by atoms with Crippen molar-refractivity contribution in [1.29, 1.82) is 0 Å². The van der Waals surface area contributed by atoms with Crippen LogP contribution in [0.3, 0.4) is 0 Å². The fourth-order valence-corrected chi connectivity index (χ4v) is 3.83. The maximum Gasteiger partial charge on any atom is 0.315 e. The smallest absolute Gasteiger partial charge is 0.315 e. The van der Waals surface area contributed by atoms with E-state index in [1.165, 1.54) is 16.7 Å². The number of hydrogen-bond donors (Lipinski definition) is 4. The van der Waals surface area contributed by atoms with E-state index < -0.39 is 36.0 Å². The van der Waals surface area contributed by atoms with Crippen LogP contribution < -0.4 is 21.7 Å². The Bertz CT molecular complexity index is 804. The summed E-state index contributed by atoms with van der Waals surface area (Å²) in [5, 5.41) is 8.07. The van der Waals surface area contributed by atoms with E-state index in [0.717, 1.165) is 5.56 Å². The van der Waals surface area contributed by atoms with Crippen molar-refractivity contribution in [3.05, 3.63) is 48.6 Å². The van der Waals surface area contributed by atoms with Gasteiger partial charge in [-0.2, -0.15) is 11.8 Å². The summed E-state index contributed by atoms with van der Waals surface area (Å²) in [6.45, 7) is 4.05. The molecular formula is C21H29N5O4S. The van der Waals surface area contributed by atoms with Gasteiger partial charge in [0.25, 0.3) is 0 Å². The van der Waals surface area contributed by atoms with Gasteiger partial charge in [-0.3, -0.25) is 14.4 Å². The number of nitrogens with one attached hydrogen (secondary N) is 3. The normalized spacial score (nSPS) is 18.7. The highest BCUT2D eigenvalue weighted by Crippen LogP contribution is 2.20. The van der Waals surface area contributed by atoms with Crippen LogP contribution in [0.1, 0.15) is 12.0 Å². The molecule has 5 N–H and O–H groups in total. The van der Waals surface area contributed by atoms with Crippen LogP contribution in [0.4, 0.5) is 4.79 Å². The minimum atomic E-state index is -0.907. The molecule has 1 aromatic carbocycles. The number of carbonyl (C=O) groups is 4. The monoisotopic (exact) mass is 447 g/mol. The molecule has 2 rings (SSSR count). The van der Waals surface area contributed by atoms with E-state index in [0.29, 0.717) is 6.54 Å². The molecule has 0 saturated carbocycles. The van der Waals surface area contributed by atoms with Crippen LogP contribution in [-0.2, 0) is 20.8 Å². The summed E-state index contributed by atoms with van der Waals surface area (Å²) in [7, 11) is 0. The van der Waals surface area contributed by atoms with Gasteiger partial charge >= 0.3 is 6.03 Å². The van der Waals surface area contributed by atoms with Gasteiger partial charge in [-0.05, 0) is 18.2 Å². The molecule has 1 aliphatic rings. The number of rotatable bonds is 10. The average Bonchev–Trinajstić information content (AvgIpc) is 3.16. The molecule has 1 saturated heterocycles. The number of urea groups is 1. The first-order valence-corrected chi connectivity index (χ1v) is 11.3. The van der Waals surface area contributed by atoms with Crippen LogP contribution in [0.5, 0.6) is 0 Å². The predicted molar refractivity (Wildman–Crippen MR) is 120 cm³/mol. The molecule has 10 heteroatoms. The number of nitrogens with two attached hydrogens (primary N) is 1. The Balaban J connectivity index is 2.09. The average molecular weight is 448 g/mol. The maximum absolute atomic E-state index is 13.0. The van der Waals surface area contributed by atoms with Crippen LogP contribution in [0.25, 0.3) is 0 Å². The zero-order chi connectivity index (χ0) is 22.8. The number of primary amides is 1. The first-order valence-electron chi connectivity index (χ1n) is 9.93. The first-order chi connectivity index (χ1) is 14.8. The van der Waals surface area contributed by atoms with Crippen molar-refractivity contribution < 1.29 is 19.2 Å². The molecule has 0 radical (unpaired) electrons. The largest absolute Gasteiger partial charge is 0.368 e. The van der Waals surface area contributed by atoms with Gasteiger partial charge < -0.3 is 26.6 Å². The van der Waals surface area contributed by atoms with E-state index in [1.54, 1.807) is 12.3 Å². The number of likely N-dealkylation sites (tertiary alicyclic amines) is 1. The highest BCUT2D eigenvalue weighted by molar-refractivity contribution is 7.99. The third-order valence-corrected chi connectivity index (χ3v) is 5.41. The summed E-state index contributed by atoms with van der Waals surface area (Å²) in [5.41, 5.74) is 6.36. The number of thioether (sulfide) groups is 1. The lowest BCUT2D eigenvalue weighted by Gasteiger charge is -2.25. The van der Waals surface area contributed by atoms with Crippen LogP contribution in [-0.4, -0.2) is 71.9 Å². The highest BCUT2D eigenvalue weighted by atomic mass is 32.2. The molecule has 0 aliphatic carbocycles. The van der Waals surface area contributed by atoms with E-state index in [9.17, 15) is 19.2 Å². The topological polar surface area (TPSA) is 134 Å². The standard InChI is InChI=1S/C21H29N5O4S/c1-3-9-23-21(30)24-15-11-17(26(12-15)18(27)13-31-2)20(29)25-16(19(22)28)10-14-7-5-4-6-8-14/h3-8,15-17H,1,9-13H2,2H3,(H2,22,28)(H,25,29)(H2,23,24,30)/t15-,16+,17-/m0/s1. The van der Waals surface area contributed by atoms with Gasteiger partial charge in [-0.25, -0.2) is 4.79 Å². The summed E-state index contributed by atoms with van der Waals surface area (Å²) in [5.74, 6) is -1.12. The van der Waals surface area contributed by atoms with Crippen molar-refractivity contribution >= 4 is 35.5 Å². The second kappa shape index (κ2) is 12.0. The van der Waals surface area contributed by atoms with E-state index in [2.05, 4.69) is 22.5 Å². The molecule has 0 spiro atoms. The van der Waals surface area contributed by atoms with Crippen molar-refractivity contribution in [1.82, 2.24) is 20.9 Å². The second-order valence-electron chi connectivity index (χ2n) is 7.22. The molecule has 1 heterocycles. The van der Waals surface area contributed by atoms with Gasteiger partial charge in [0.15, 0.2) is 0 Å². The third kappa shape index (κ3) is 7.32. The Morgan fingerprint density at radius 2 is 2.00 bits per heavy atom. The van der Waals surface area contributed by atoms with Gasteiger partial charge in [0.05, 0.1) is 11.8 Å². The van der Waals surface area contributed by atoms with Crippen molar-refractivity contribution in [3.8, 4) is 0 Å². The summed E-state index contributed by atoms with van der Waals surface area (Å²) in [6, 6.07) is 6.70. The number of carbonyl (C=O) groups excluding carboxylic acids is 4. The Morgan fingerprint density at radius 3 is 2.61 bits per heavy atom. The first kappa shape index (κ1) is 24.3. The van der Waals surface area contributed by atoms with Gasteiger partial charge in [0.2, 0.25) is 17.7 Å². The molecule has 9 nitrogen and oxygen atoms in total. The molecule has 5 amide bonds. The molecule has 168 valence electrons. The van der Waals surface area contributed by atoms with Crippen molar-refractivity contribution in [2.45, 2.75) is 31.0 Å². The fraction of sp³-hybridized carbons (Fsp3) is 0.429. The molecule has 1 aliphatic heterocycles. The molecule has 3 atom stereocenters. The predicted octanol–water partition coefficient (Wildman–Crippen LogP) is 0.0169. The van der Waals surface area contributed by atoms with E-state index in [4.69, 9.17) is 5.73 Å². The molecule has 0 unspecified atom stereocenters. The molecule has 1 fully saturated rings. The number of benzene rings is 1. The summed E-state index contributed by atoms with van der Waals surface area (Å²) < 4.78 is 0. The second-order valence-corrected chi connectivity index (χ2v) is 8.09. The minimum absolute atomic E-state index is 0.206. The van der Waals surface area contributed by atoms with Crippen LogP contribution in [0.15, 0.2) is 43.0 Å². The van der Waals surface area contributed by atoms with Crippen LogP contribution in [0.2, 0.25) is 0 Å². The zero-order valence-electron chi connectivity index (χ0n) is 17.5. The Morgan fingerprint density at radius 1 is 1.29 bits per heavy atom. The SMILES string of the molecule is C=CCNC(=O)N[C@H]1C[C@@H](C(=O)N[C@H](Cc2ccccc2)C(N)=O)N(C(=O)CSC)C1. The minimum Gasteiger partial charge on any atom is -0.368 e. The quantitative estimate of drug-likeness (QED) is 0.375. The number of amides is 5. The maximum atomic E-state index is 13.0. The van der Waals surface area contributed by atoms with Crippen molar-refractivity contribution in [2.75, 3.05) is 25.1 Å².